The van der Waals surface area contributed by atoms with E-state index in [0.717, 1.165) is 70.6 Å². The summed E-state index contributed by atoms with van der Waals surface area (Å²) in [6.07, 6.45) is 15.8. The van der Waals surface area contributed by atoms with Crippen molar-refractivity contribution in [3.63, 3.8) is 0 Å². The summed E-state index contributed by atoms with van der Waals surface area (Å²) in [4.78, 5) is 24.7. The van der Waals surface area contributed by atoms with E-state index >= 15 is 0 Å². The minimum absolute atomic E-state index is 0.0141. The van der Waals surface area contributed by atoms with Gasteiger partial charge in [0, 0.05) is 6.42 Å². The van der Waals surface area contributed by atoms with E-state index in [1.54, 1.807) is 0 Å². The highest BCUT2D eigenvalue weighted by molar-refractivity contribution is 5.77. The Morgan fingerprint density at radius 3 is 1.59 bits per heavy atom. The molecular weight excluding hydrogens is 400 g/mol. The first-order valence-corrected chi connectivity index (χ1v) is 13.7. The summed E-state index contributed by atoms with van der Waals surface area (Å²) in [7, 11) is 0. The third kappa shape index (κ3) is 12.8. The Bertz CT molecular complexity index is 462. The van der Waals surface area contributed by atoms with Crippen molar-refractivity contribution >= 4 is 11.9 Å². The van der Waals surface area contributed by atoms with Crippen molar-refractivity contribution in [2.75, 3.05) is 13.2 Å². The van der Waals surface area contributed by atoms with Gasteiger partial charge in [0.15, 0.2) is 0 Å². The van der Waals surface area contributed by atoms with Crippen LogP contribution in [0.4, 0.5) is 0 Å². The minimum Gasteiger partial charge on any atom is -0.466 e. The SMILES string of the molecule is CCCCCOC(=O)CCCCCCCCCC(C(=O)OCCCCC)(C(C)C)C(C)C. The van der Waals surface area contributed by atoms with Crippen molar-refractivity contribution < 1.29 is 19.1 Å². The molecule has 32 heavy (non-hydrogen) atoms. The predicted octanol–water partition coefficient (Wildman–Crippen LogP) is 8.26. The Morgan fingerprint density at radius 1 is 0.625 bits per heavy atom. The lowest BCUT2D eigenvalue weighted by Gasteiger charge is -2.39. The van der Waals surface area contributed by atoms with E-state index in [0.29, 0.717) is 19.6 Å². The number of ether oxygens (including phenoxy) is 2. The monoisotopic (exact) mass is 454 g/mol. The molecule has 0 aliphatic heterocycles. The van der Waals surface area contributed by atoms with Crippen LogP contribution in [-0.4, -0.2) is 25.2 Å². The molecular formula is C28H54O4. The Balaban J connectivity index is 4.10. The van der Waals surface area contributed by atoms with Crippen LogP contribution in [0.15, 0.2) is 0 Å². The fourth-order valence-corrected chi connectivity index (χ4v) is 4.65. The van der Waals surface area contributed by atoms with Gasteiger partial charge in [-0.15, -0.1) is 0 Å². The maximum atomic E-state index is 13.0. The van der Waals surface area contributed by atoms with E-state index in [-0.39, 0.29) is 29.2 Å². The summed E-state index contributed by atoms with van der Waals surface area (Å²) in [6, 6.07) is 0. The van der Waals surface area contributed by atoms with Gasteiger partial charge in [-0.2, -0.15) is 0 Å². The molecule has 0 rings (SSSR count). The van der Waals surface area contributed by atoms with Crippen LogP contribution in [0.1, 0.15) is 138 Å². The maximum Gasteiger partial charge on any atom is 0.312 e. The fraction of sp³-hybridized carbons (Fsp3) is 0.929. The predicted molar refractivity (Wildman–Crippen MR) is 135 cm³/mol. The van der Waals surface area contributed by atoms with E-state index in [4.69, 9.17) is 9.47 Å². The second kappa shape index (κ2) is 19.4. The Hall–Kier alpha value is -1.06. The number of esters is 2. The summed E-state index contributed by atoms with van der Waals surface area (Å²) < 4.78 is 11.0. The van der Waals surface area contributed by atoms with Crippen LogP contribution < -0.4 is 0 Å². The van der Waals surface area contributed by atoms with Crippen molar-refractivity contribution in [3.05, 3.63) is 0 Å². The molecule has 0 fully saturated rings. The third-order valence-corrected chi connectivity index (χ3v) is 6.90. The van der Waals surface area contributed by atoms with Gasteiger partial charge in [0.05, 0.1) is 18.6 Å². The van der Waals surface area contributed by atoms with Gasteiger partial charge in [0.2, 0.25) is 0 Å². The molecule has 4 heteroatoms. The Morgan fingerprint density at radius 2 is 1.09 bits per heavy atom. The fourth-order valence-electron chi connectivity index (χ4n) is 4.65. The lowest BCUT2D eigenvalue weighted by atomic mass is 9.66. The molecule has 0 heterocycles. The van der Waals surface area contributed by atoms with Gasteiger partial charge in [-0.25, -0.2) is 0 Å². The van der Waals surface area contributed by atoms with E-state index < -0.39 is 0 Å². The van der Waals surface area contributed by atoms with Gasteiger partial charge in [0.1, 0.15) is 0 Å². The van der Waals surface area contributed by atoms with Gasteiger partial charge in [-0.05, 0) is 37.5 Å². The smallest absolute Gasteiger partial charge is 0.312 e. The molecule has 0 radical (unpaired) electrons. The first-order valence-electron chi connectivity index (χ1n) is 13.7. The van der Waals surface area contributed by atoms with Crippen LogP contribution >= 0.6 is 0 Å². The molecule has 0 aromatic heterocycles. The summed E-state index contributed by atoms with van der Waals surface area (Å²) >= 11 is 0. The third-order valence-electron chi connectivity index (χ3n) is 6.90. The lowest BCUT2D eigenvalue weighted by molar-refractivity contribution is -0.164. The molecule has 0 aromatic carbocycles. The van der Waals surface area contributed by atoms with Crippen molar-refractivity contribution in [1.29, 1.82) is 0 Å². The molecule has 0 spiro atoms. The zero-order valence-corrected chi connectivity index (χ0v) is 22.3. The van der Waals surface area contributed by atoms with Crippen molar-refractivity contribution in [2.45, 2.75) is 138 Å². The van der Waals surface area contributed by atoms with E-state index in [2.05, 4.69) is 41.5 Å². The molecule has 0 amide bonds. The largest absolute Gasteiger partial charge is 0.466 e. The number of carbonyl (C=O) groups is 2. The standard InChI is InChI=1S/C28H54O4/c1-7-9-18-22-31-26(29)20-16-14-12-11-13-15-17-21-28(24(3)4,25(5)6)27(30)32-23-19-10-8-2/h24-25H,7-23H2,1-6H3. The molecule has 0 N–H and O–H groups in total. The summed E-state index contributed by atoms with van der Waals surface area (Å²) in [5.74, 6) is 0.535. The highest BCUT2D eigenvalue weighted by Crippen LogP contribution is 2.42. The summed E-state index contributed by atoms with van der Waals surface area (Å²) in [6.45, 7) is 14.1. The van der Waals surface area contributed by atoms with E-state index in [1.165, 1.54) is 19.3 Å². The molecule has 0 saturated heterocycles. The molecule has 0 atom stereocenters. The Labute approximate surface area is 199 Å². The molecule has 0 bridgehead atoms. The number of rotatable bonds is 21. The molecule has 4 nitrogen and oxygen atoms in total. The second-order valence-corrected chi connectivity index (χ2v) is 10.1. The van der Waals surface area contributed by atoms with Crippen LogP contribution in [0, 0.1) is 17.3 Å². The number of carbonyl (C=O) groups excluding carboxylic acids is 2. The van der Waals surface area contributed by atoms with Crippen molar-refractivity contribution in [3.8, 4) is 0 Å². The number of hydrogen-bond acceptors (Lipinski definition) is 4. The van der Waals surface area contributed by atoms with Crippen LogP contribution in [-0.2, 0) is 19.1 Å². The van der Waals surface area contributed by atoms with Crippen LogP contribution in [0.5, 0.6) is 0 Å². The molecule has 0 unspecified atom stereocenters. The average molecular weight is 455 g/mol. The highest BCUT2D eigenvalue weighted by Gasteiger charge is 2.45. The lowest BCUT2D eigenvalue weighted by Crippen LogP contribution is -2.42. The normalized spacial score (nSPS) is 11.9. The second-order valence-electron chi connectivity index (χ2n) is 10.1. The van der Waals surface area contributed by atoms with Gasteiger partial charge >= 0.3 is 11.9 Å². The summed E-state index contributed by atoms with van der Waals surface area (Å²) in [5.41, 5.74) is -0.371. The highest BCUT2D eigenvalue weighted by atomic mass is 16.5. The molecule has 0 aromatic rings. The van der Waals surface area contributed by atoms with Gasteiger partial charge in [0.25, 0.3) is 0 Å². The topological polar surface area (TPSA) is 52.6 Å². The maximum absolute atomic E-state index is 13.0. The first kappa shape index (κ1) is 30.9. The van der Waals surface area contributed by atoms with Crippen molar-refractivity contribution in [2.24, 2.45) is 17.3 Å². The zero-order valence-electron chi connectivity index (χ0n) is 22.3. The zero-order chi connectivity index (χ0) is 24.2. The number of unbranched alkanes of at least 4 members (excludes halogenated alkanes) is 10. The van der Waals surface area contributed by atoms with Crippen LogP contribution in [0.25, 0.3) is 0 Å². The van der Waals surface area contributed by atoms with Gasteiger partial charge in [-0.3, -0.25) is 9.59 Å². The molecule has 0 aliphatic carbocycles. The molecule has 0 aliphatic rings. The average Bonchev–Trinajstić information content (AvgIpc) is 2.75. The van der Waals surface area contributed by atoms with E-state index in [1.807, 2.05) is 0 Å². The van der Waals surface area contributed by atoms with Gasteiger partial charge in [-0.1, -0.05) is 106 Å². The molecule has 190 valence electrons. The van der Waals surface area contributed by atoms with E-state index in [9.17, 15) is 9.59 Å². The minimum atomic E-state index is -0.371. The number of hydrogen-bond donors (Lipinski definition) is 0. The van der Waals surface area contributed by atoms with Crippen molar-refractivity contribution in [1.82, 2.24) is 0 Å². The molecule has 0 saturated carbocycles. The Kier molecular flexibility index (Phi) is 18.8. The van der Waals surface area contributed by atoms with Gasteiger partial charge < -0.3 is 9.47 Å². The van der Waals surface area contributed by atoms with Crippen LogP contribution in [0.3, 0.4) is 0 Å². The first-order chi connectivity index (χ1) is 15.3. The quantitative estimate of drug-likeness (QED) is 0.129. The van der Waals surface area contributed by atoms with Crippen LogP contribution in [0.2, 0.25) is 0 Å². The summed E-state index contributed by atoms with van der Waals surface area (Å²) in [5, 5.41) is 0.